The molecule has 1 heterocycles. The molecule has 2 amide bonds. The van der Waals surface area contributed by atoms with Gasteiger partial charge in [0.25, 0.3) is 5.91 Å². The summed E-state index contributed by atoms with van der Waals surface area (Å²) in [6, 6.07) is 26.0. The Kier molecular flexibility index (Phi) is 6.82. The van der Waals surface area contributed by atoms with Crippen molar-refractivity contribution in [2.75, 3.05) is 38.6 Å². The van der Waals surface area contributed by atoms with E-state index in [0.717, 1.165) is 5.56 Å². The third-order valence-corrected chi connectivity index (χ3v) is 5.69. The number of nitrogens with one attached hydrogen (secondary N) is 1. The van der Waals surface area contributed by atoms with Crippen LogP contribution in [-0.4, -0.2) is 54.9 Å². The van der Waals surface area contributed by atoms with Gasteiger partial charge in [-0.05, 0) is 29.8 Å². The molecule has 1 aliphatic heterocycles. The second-order valence-electron chi connectivity index (χ2n) is 7.73. The lowest BCUT2D eigenvalue weighted by molar-refractivity contribution is -0.122. The highest BCUT2D eigenvalue weighted by atomic mass is 16.5. The van der Waals surface area contributed by atoms with Gasteiger partial charge in [-0.1, -0.05) is 54.6 Å². The third kappa shape index (κ3) is 4.98. The summed E-state index contributed by atoms with van der Waals surface area (Å²) >= 11 is 0. The number of methoxy groups -OCH3 is 1. The van der Waals surface area contributed by atoms with Crippen LogP contribution in [0.1, 0.15) is 22.0 Å². The van der Waals surface area contributed by atoms with Crippen LogP contribution in [0.3, 0.4) is 0 Å². The summed E-state index contributed by atoms with van der Waals surface area (Å²) in [4.78, 5) is 30.2. The zero-order valence-electron chi connectivity index (χ0n) is 18.1. The number of benzene rings is 3. The molecule has 3 aromatic rings. The van der Waals surface area contributed by atoms with E-state index in [9.17, 15) is 9.59 Å². The normalized spacial score (nSPS) is 15.1. The third-order valence-electron chi connectivity index (χ3n) is 5.69. The molecule has 1 fully saturated rings. The van der Waals surface area contributed by atoms with Crippen LogP contribution in [0, 0.1) is 0 Å². The van der Waals surface area contributed by atoms with E-state index in [1.54, 1.807) is 13.2 Å². The Labute approximate surface area is 188 Å². The quantitative estimate of drug-likeness (QED) is 0.647. The average Bonchev–Trinajstić information content (AvgIpc) is 2.85. The molecule has 0 saturated carbocycles. The van der Waals surface area contributed by atoms with Gasteiger partial charge in [-0.15, -0.1) is 0 Å². The van der Waals surface area contributed by atoms with Gasteiger partial charge in [-0.2, -0.15) is 0 Å². The number of anilines is 1. The molecule has 6 heteroatoms. The van der Waals surface area contributed by atoms with Crippen LogP contribution in [0.2, 0.25) is 0 Å². The number of nitrogens with zero attached hydrogens (tertiary/aromatic N) is 2. The van der Waals surface area contributed by atoms with E-state index in [1.165, 1.54) is 0 Å². The summed E-state index contributed by atoms with van der Waals surface area (Å²) in [6.07, 6.45) is 0. The lowest BCUT2D eigenvalue weighted by atomic mass is 10.0. The fourth-order valence-electron chi connectivity index (χ4n) is 4.02. The Bertz CT molecular complexity index is 1050. The molecule has 4 rings (SSSR count). The van der Waals surface area contributed by atoms with Crippen molar-refractivity contribution in [2.24, 2.45) is 0 Å². The topological polar surface area (TPSA) is 61.9 Å². The lowest BCUT2D eigenvalue weighted by Gasteiger charge is -2.38. The van der Waals surface area contributed by atoms with Crippen molar-refractivity contribution in [2.45, 2.75) is 6.04 Å². The van der Waals surface area contributed by atoms with Crippen LogP contribution in [-0.2, 0) is 4.79 Å². The first-order valence-electron chi connectivity index (χ1n) is 10.7. The number of rotatable bonds is 6. The summed E-state index contributed by atoms with van der Waals surface area (Å²) in [7, 11) is 1.60. The van der Waals surface area contributed by atoms with Gasteiger partial charge in [-0.25, -0.2) is 0 Å². The van der Waals surface area contributed by atoms with Crippen LogP contribution in [0.4, 0.5) is 5.69 Å². The number of hydrogen-bond donors (Lipinski definition) is 1. The van der Waals surface area contributed by atoms with Gasteiger partial charge in [0.2, 0.25) is 5.91 Å². The van der Waals surface area contributed by atoms with Crippen molar-refractivity contribution in [3.63, 3.8) is 0 Å². The fraction of sp³-hybridized carbons (Fsp3) is 0.231. The summed E-state index contributed by atoms with van der Waals surface area (Å²) in [5.41, 5.74) is 2.31. The van der Waals surface area contributed by atoms with E-state index >= 15 is 0 Å². The molecule has 0 spiro atoms. The Balaban J connectivity index is 1.49. The van der Waals surface area contributed by atoms with Crippen molar-refractivity contribution < 1.29 is 14.3 Å². The van der Waals surface area contributed by atoms with Crippen LogP contribution in [0.25, 0.3) is 0 Å². The van der Waals surface area contributed by atoms with E-state index in [1.807, 2.05) is 83.8 Å². The molecule has 1 atom stereocenters. The molecule has 0 radical (unpaired) electrons. The molecular weight excluding hydrogens is 402 g/mol. The lowest BCUT2D eigenvalue weighted by Crippen LogP contribution is -2.51. The SMILES string of the molecule is COc1cccc(NC(=O)C(c2ccccc2)N2CCN(C(=O)c3ccccc3)CC2)c1. The first-order valence-corrected chi connectivity index (χ1v) is 10.7. The number of amides is 2. The van der Waals surface area contributed by atoms with Gasteiger partial charge in [0, 0.05) is 43.5 Å². The first kappa shape index (κ1) is 21.6. The smallest absolute Gasteiger partial charge is 0.253 e. The molecule has 1 N–H and O–H groups in total. The minimum absolute atomic E-state index is 0.0299. The van der Waals surface area contributed by atoms with Gasteiger partial charge in [0.15, 0.2) is 0 Å². The Morgan fingerprint density at radius 1 is 0.844 bits per heavy atom. The fourth-order valence-corrected chi connectivity index (χ4v) is 4.02. The van der Waals surface area contributed by atoms with Gasteiger partial charge in [0.05, 0.1) is 7.11 Å². The standard InChI is InChI=1S/C26H27N3O3/c1-32-23-14-8-13-22(19-23)27-25(30)24(20-9-4-2-5-10-20)28-15-17-29(18-16-28)26(31)21-11-6-3-7-12-21/h2-14,19,24H,15-18H2,1H3,(H,27,30). The van der Waals surface area contributed by atoms with Crippen molar-refractivity contribution in [1.29, 1.82) is 0 Å². The molecule has 0 aliphatic carbocycles. The second kappa shape index (κ2) is 10.1. The number of hydrogen-bond acceptors (Lipinski definition) is 4. The molecule has 6 nitrogen and oxygen atoms in total. The van der Waals surface area contributed by atoms with Crippen molar-refractivity contribution in [3.8, 4) is 5.75 Å². The molecule has 1 saturated heterocycles. The second-order valence-corrected chi connectivity index (χ2v) is 7.73. The average molecular weight is 430 g/mol. The van der Waals surface area contributed by atoms with E-state index in [2.05, 4.69) is 10.2 Å². The predicted molar refractivity (Wildman–Crippen MR) is 125 cm³/mol. The summed E-state index contributed by atoms with van der Waals surface area (Å²) in [5.74, 6) is 0.613. The van der Waals surface area contributed by atoms with Gasteiger partial charge in [-0.3, -0.25) is 14.5 Å². The molecule has 32 heavy (non-hydrogen) atoms. The summed E-state index contributed by atoms with van der Waals surface area (Å²) in [5, 5.41) is 3.03. The van der Waals surface area contributed by atoms with Crippen LogP contribution >= 0.6 is 0 Å². The Morgan fingerprint density at radius 2 is 1.50 bits per heavy atom. The van der Waals surface area contributed by atoms with E-state index in [-0.39, 0.29) is 11.8 Å². The molecule has 0 bridgehead atoms. The minimum Gasteiger partial charge on any atom is -0.497 e. The zero-order chi connectivity index (χ0) is 22.3. The summed E-state index contributed by atoms with van der Waals surface area (Å²) < 4.78 is 5.27. The van der Waals surface area contributed by atoms with E-state index in [4.69, 9.17) is 4.74 Å². The molecule has 1 unspecified atom stereocenters. The monoisotopic (exact) mass is 429 g/mol. The van der Waals surface area contributed by atoms with E-state index in [0.29, 0.717) is 43.2 Å². The maximum atomic E-state index is 13.4. The molecule has 1 aliphatic rings. The number of carbonyl (C=O) groups excluding carboxylic acids is 2. The minimum atomic E-state index is -0.448. The highest BCUT2D eigenvalue weighted by Gasteiger charge is 2.32. The maximum absolute atomic E-state index is 13.4. The van der Waals surface area contributed by atoms with Gasteiger partial charge >= 0.3 is 0 Å². The van der Waals surface area contributed by atoms with Gasteiger partial charge in [0.1, 0.15) is 11.8 Å². The summed E-state index contributed by atoms with van der Waals surface area (Å²) in [6.45, 7) is 2.38. The van der Waals surface area contributed by atoms with Crippen LogP contribution < -0.4 is 10.1 Å². The van der Waals surface area contributed by atoms with Crippen LogP contribution in [0.15, 0.2) is 84.9 Å². The van der Waals surface area contributed by atoms with Crippen molar-refractivity contribution >= 4 is 17.5 Å². The first-order chi connectivity index (χ1) is 15.7. The number of ether oxygens (including phenoxy) is 1. The van der Waals surface area contributed by atoms with Crippen molar-refractivity contribution in [3.05, 3.63) is 96.1 Å². The Morgan fingerprint density at radius 3 is 2.16 bits per heavy atom. The van der Waals surface area contributed by atoms with Gasteiger partial charge < -0.3 is 15.0 Å². The predicted octanol–water partition coefficient (Wildman–Crippen LogP) is 3.83. The van der Waals surface area contributed by atoms with Crippen LogP contribution in [0.5, 0.6) is 5.75 Å². The molecular formula is C26H27N3O3. The maximum Gasteiger partial charge on any atom is 0.253 e. The molecule has 0 aromatic heterocycles. The highest BCUT2D eigenvalue weighted by molar-refractivity contribution is 5.96. The van der Waals surface area contributed by atoms with E-state index < -0.39 is 6.04 Å². The number of piperazine rings is 1. The Hall–Kier alpha value is -3.64. The molecule has 164 valence electrons. The number of carbonyl (C=O) groups is 2. The highest BCUT2D eigenvalue weighted by Crippen LogP contribution is 2.26. The van der Waals surface area contributed by atoms with Crippen molar-refractivity contribution in [1.82, 2.24) is 9.80 Å². The largest absolute Gasteiger partial charge is 0.497 e. The molecule has 3 aromatic carbocycles. The zero-order valence-corrected chi connectivity index (χ0v) is 18.1.